The fraction of sp³-hybridized carbons (Fsp3) is 0.333. The first kappa shape index (κ1) is 92.4. The lowest BCUT2D eigenvalue weighted by Gasteiger charge is -2.25. The topological polar surface area (TPSA) is 0 Å². The molecule has 0 aliphatic carbocycles. The highest BCUT2D eigenvalue weighted by molar-refractivity contribution is 6.37. The zero-order valence-corrected chi connectivity index (χ0v) is 87.9. The maximum atomic E-state index is 2.56. The molecule has 0 saturated heterocycles. The molecular weight excluding hydrogens is 1590 g/mol. The van der Waals surface area contributed by atoms with Crippen molar-refractivity contribution in [2.75, 3.05) is 0 Å². The molecule has 0 nitrogen and oxygen atoms in total. The van der Waals surface area contributed by atoms with Gasteiger partial charge in [-0.3, -0.25) is 0 Å². The summed E-state index contributed by atoms with van der Waals surface area (Å²) in [5.41, 5.74) is 65.4. The van der Waals surface area contributed by atoms with Gasteiger partial charge in [0.1, 0.15) is 0 Å². The molecule has 0 radical (unpaired) electrons. The van der Waals surface area contributed by atoms with Crippen LogP contribution in [0.1, 0.15) is 261 Å². The lowest BCUT2D eigenvalue weighted by atomic mass is 9.79. The molecule has 0 heteroatoms. The first-order valence-electron chi connectivity index (χ1n) is 48.9. The van der Waals surface area contributed by atoms with E-state index in [-0.39, 0.29) is 21.7 Å². The summed E-state index contributed by atoms with van der Waals surface area (Å²) in [7, 11) is 0. The Morgan fingerprint density at radius 3 is 0.341 bits per heavy atom. The molecule has 18 rings (SSSR count). The van der Waals surface area contributed by atoms with E-state index in [9.17, 15) is 0 Å². The molecule has 0 bridgehead atoms. The Bertz CT molecular complexity index is 6900. The van der Waals surface area contributed by atoms with Crippen LogP contribution in [0.4, 0.5) is 0 Å². The third-order valence-corrected chi connectivity index (χ3v) is 33.3. The maximum absolute atomic E-state index is 2.56. The van der Waals surface area contributed by atoms with Crippen LogP contribution in [-0.2, 0) is 21.7 Å². The smallest absolute Gasteiger partial charge is 0.00255 e. The summed E-state index contributed by atoms with van der Waals surface area (Å²) in [5, 5.41) is 21.3. The van der Waals surface area contributed by atoms with Gasteiger partial charge in [-0.2, -0.15) is 0 Å². The van der Waals surface area contributed by atoms with E-state index >= 15 is 0 Å². The van der Waals surface area contributed by atoms with E-state index in [1.807, 2.05) is 0 Å². The van der Waals surface area contributed by atoms with Crippen LogP contribution in [-0.4, -0.2) is 0 Å². The normalized spacial score (nSPS) is 12.5. The fourth-order valence-electron chi connectivity index (χ4n) is 24.1. The summed E-state index contributed by atoms with van der Waals surface area (Å²) < 4.78 is 0. The fourth-order valence-corrected chi connectivity index (χ4v) is 24.1. The van der Waals surface area contributed by atoms with Crippen molar-refractivity contribution in [3.05, 3.63) is 324 Å². The van der Waals surface area contributed by atoms with E-state index in [0.29, 0.717) is 0 Å². The van der Waals surface area contributed by atoms with Gasteiger partial charge in [-0.05, 0) is 666 Å². The van der Waals surface area contributed by atoms with Crippen molar-refractivity contribution in [3.8, 4) is 89.0 Å². The Kier molecular flexibility index (Phi) is 22.5. The Morgan fingerprint density at radius 1 is 0.121 bits per heavy atom. The van der Waals surface area contributed by atoms with Gasteiger partial charge in [0.2, 0.25) is 0 Å². The van der Waals surface area contributed by atoms with Crippen LogP contribution in [0, 0.1) is 194 Å². The summed E-state index contributed by atoms with van der Waals surface area (Å²) in [5.74, 6) is 0. The summed E-state index contributed by atoms with van der Waals surface area (Å²) in [6, 6.07) is 60.1. The molecule has 0 amide bonds. The second-order valence-electron chi connectivity index (χ2n) is 45.5. The van der Waals surface area contributed by atoms with Crippen LogP contribution in [0.2, 0.25) is 0 Å². The van der Waals surface area contributed by atoms with Gasteiger partial charge in [-0.1, -0.05) is 132 Å². The summed E-state index contributed by atoms with van der Waals surface area (Å²) >= 11 is 0. The summed E-state index contributed by atoms with van der Waals surface area (Å²) in [4.78, 5) is 0. The first-order chi connectivity index (χ1) is 61.6. The summed E-state index contributed by atoms with van der Waals surface area (Å²) in [6.45, 7) is 92.9. The van der Waals surface area contributed by atoms with Crippen molar-refractivity contribution in [1.29, 1.82) is 0 Å². The molecule has 0 N–H and O–H groups in total. The Hall–Kier alpha value is -11.4. The van der Waals surface area contributed by atoms with Crippen LogP contribution in [0.5, 0.6) is 0 Å². The zero-order chi connectivity index (χ0) is 95.9. The number of aryl methyl sites for hydroxylation is 8. The van der Waals surface area contributed by atoms with E-state index in [1.165, 1.54) is 353 Å². The van der Waals surface area contributed by atoms with E-state index in [2.05, 4.69) is 423 Å². The molecule has 0 heterocycles. The van der Waals surface area contributed by atoms with Crippen LogP contribution in [0.3, 0.4) is 0 Å². The second-order valence-corrected chi connectivity index (χ2v) is 45.5. The number of fused-ring (bicyclic) bond motifs is 4. The standard InChI is InChI=1S/C68H76.C64H68/c1-37-21-51(65(9,10)11)22-38(2)59(37)47-29-45-30-48(60-39(3)23-52(24-40(60)4)66(12,13)14)35-57-58-36-50(62-43(7)27-54(28-44(62)8)68(18,19)20)32-46-31-49(34-56(64(46)58)55(33-47)63(45)57)61-41(5)25-53(26-42(61)6)67(15,16)17;1-29-33(5)41(13)59(42(14)34(29)6)51-21-49-22-52(60-43(15)35(7)30(2)36(8)44(60)16)27-57-58-28-54(62-47(19)39(11)32(4)40(12)48(62)20)24-50-23-53(26-56(64(50)58)55(25-51)63(49)57)61-45(17)37(9)31(3)38(10)46(61)18/h21-36H,1-20H3;21-28H,1-20H3. The van der Waals surface area contributed by atoms with Gasteiger partial charge in [0, 0.05) is 0 Å². The minimum absolute atomic E-state index is 0.0627. The molecule has 0 aromatic heterocycles. The largest absolute Gasteiger partial charge is 0.0561 e. The molecule has 0 aliphatic rings. The molecule has 18 aromatic rings. The highest BCUT2D eigenvalue weighted by atomic mass is 14.3. The minimum atomic E-state index is 0.0627. The molecule has 18 aromatic carbocycles. The third kappa shape index (κ3) is 14.8. The van der Waals surface area contributed by atoms with Crippen molar-refractivity contribution >= 4 is 86.2 Å². The second kappa shape index (κ2) is 32.2. The van der Waals surface area contributed by atoms with E-state index < -0.39 is 0 Å². The monoisotopic (exact) mass is 1730 g/mol. The van der Waals surface area contributed by atoms with Gasteiger partial charge >= 0.3 is 0 Å². The number of hydrogen-bond donors (Lipinski definition) is 0. The van der Waals surface area contributed by atoms with Crippen molar-refractivity contribution in [2.24, 2.45) is 0 Å². The van der Waals surface area contributed by atoms with Gasteiger partial charge < -0.3 is 0 Å². The molecular formula is C132H144. The number of benzene rings is 18. The lowest BCUT2D eigenvalue weighted by Crippen LogP contribution is -2.12. The van der Waals surface area contributed by atoms with Crippen molar-refractivity contribution < 1.29 is 0 Å². The first-order valence-corrected chi connectivity index (χ1v) is 48.9. The Morgan fingerprint density at radius 2 is 0.227 bits per heavy atom. The van der Waals surface area contributed by atoms with Crippen LogP contribution >= 0.6 is 0 Å². The molecule has 0 aliphatic heterocycles. The SMILES string of the molecule is Cc1c(C)c(C)c(-c2cc3cc(-c4c(C)c(C)c(C)c(C)c4C)cc4c5cc(-c6c(C)c(C)c(C)c(C)c6C)cc6cc(-c7c(C)c(C)c(C)c(C)c7C)cc(c(c2)c34)c65)c(C)c1C.Cc1cc(C(C)(C)C)cc(C)c1-c1cc2cc(-c3c(C)cc(C(C)(C)C)cc3C)cc3c4cc(-c5c(C)cc(C(C)(C)C)cc5C)cc5cc(-c6c(C)cc(C(C)(C)C)cc6C)cc(c(c1)c23)c54. The van der Waals surface area contributed by atoms with Gasteiger partial charge in [0.15, 0.2) is 0 Å². The van der Waals surface area contributed by atoms with Crippen LogP contribution in [0.15, 0.2) is 146 Å². The molecule has 0 unspecified atom stereocenters. The highest BCUT2D eigenvalue weighted by Gasteiger charge is 2.31. The molecule has 0 saturated carbocycles. The van der Waals surface area contributed by atoms with E-state index in [4.69, 9.17) is 0 Å². The van der Waals surface area contributed by atoms with Crippen molar-refractivity contribution in [1.82, 2.24) is 0 Å². The van der Waals surface area contributed by atoms with Gasteiger partial charge in [0.25, 0.3) is 0 Å². The molecule has 0 fully saturated rings. The Balaban J connectivity index is 0.000000185. The van der Waals surface area contributed by atoms with E-state index in [1.54, 1.807) is 0 Å². The number of rotatable bonds is 8. The quantitative estimate of drug-likeness (QED) is 0.105. The van der Waals surface area contributed by atoms with Crippen LogP contribution in [0.25, 0.3) is 175 Å². The maximum Gasteiger partial charge on any atom is -0.00255 e. The zero-order valence-electron chi connectivity index (χ0n) is 87.9. The molecule has 0 atom stereocenters. The Labute approximate surface area is 791 Å². The average molecular weight is 1730 g/mol. The van der Waals surface area contributed by atoms with Gasteiger partial charge in [-0.15, -0.1) is 0 Å². The molecule has 672 valence electrons. The average Bonchev–Trinajstić information content (AvgIpc) is 0.708. The molecule has 0 spiro atoms. The molecule has 132 heavy (non-hydrogen) atoms. The highest BCUT2D eigenvalue weighted by Crippen LogP contribution is 2.54. The van der Waals surface area contributed by atoms with Crippen molar-refractivity contribution in [2.45, 2.75) is 299 Å². The predicted molar refractivity (Wildman–Crippen MR) is 586 cm³/mol. The lowest BCUT2D eigenvalue weighted by molar-refractivity contribution is 0.589. The van der Waals surface area contributed by atoms with Gasteiger partial charge in [0.05, 0.1) is 0 Å². The van der Waals surface area contributed by atoms with Crippen LogP contribution < -0.4 is 0 Å². The predicted octanol–water partition coefficient (Wildman–Crippen LogP) is 38.6. The minimum Gasteiger partial charge on any atom is -0.0561 e. The van der Waals surface area contributed by atoms with Gasteiger partial charge in [-0.25, -0.2) is 0 Å². The third-order valence-electron chi connectivity index (χ3n) is 33.3. The number of hydrogen-bond acceptors (Lipinski definition) is 0. The summed E-state index contributed by atoms with van der Waals surface area (Å²) in [6.07, 6.45) is 0. The van der Waals surface area contributed by atoms with Crippen molar-refractivity contribution in [3.63, 3.8) is 0 Å². The van der Waals surface area contributed by atoms with E-state index in [0.717, 1.165) is 0 Å².